The second-order valence-corrected chi connectivity index (χ2v) is 5.34. The predicted octanol–water partition coefficient (Wildman–Crippen LogP) is 2.43. The van der Waals surface area contributed by atoms with Crippen molar-refractivity contribution in [2.75, 3.05) is 0 Å². The van der Waals surface area contributed by atoms with E-state index in [4.69, 9.17) is 0 Å². The number of carboxylic acids is 1. The lowest BCUT2D eigenvalue weighted by atomic mass is 9.69. The number of carboxylic acid groups (broad SMARTS) is 1. The summed E-state index contributed by atoms with van der Waals surface area (Å²) in [5, 5.41) is 19.8. The number of hydrogen-bond donors (Lipinski definition) is 2. The maximum absolute atomic E-state index is 11.2. The van der Waals surface area contributed by atoms with Crippen LogP contribution in [-0.2, 0) is 4.79 Å². The van der Waals surface area contributed by atoms with Crippen LogP contribution in [-0.4, -0.2) is 21.8 Å². The largest absolute Gasteiger partial charge is 0.481 e. The summed E-state index contributed by atoms with van der Waals surface area (Å²) in [5.41, 5.74) is -1.29. The van der Waals surface area contributed by atoms with Crippen LogP contribution < -0.4 is 0 Å². The first-order chi connectivity index (χ1) is 6.85. The van der Waals surface area contributed by atoms with Crippen LogP contribution in [0, 0.1) is 11.3 Å². The quantitative estimate of drug-likeness (QED) is 0.755. The van der Waals surface area contributed by atoms with Crippen molar-refractivity contribution in [2.45, 2.75) is 58.5 Å². The van der Waals surface area contributed by atoms with Crippen LogP contribution in [0.5, 0.6) is 0 Å². The van der Waals surface area contributed by atoms with Gasteiger partial charge < -0.3 is 10.2 Å². The summed E-state index contributed by atoms with van der Waals surface area (Å²) in [5.74, 6) is -1.46. The van der Waals surface area contributed by atoms with Gasteiger partial charge in [-0.15, -0.1) is 0 Å². The zero-order valence-corrected chi connectivity index (χ0v) is 9.92. The van der Waals surface area contributed by atoms with Crippen molar-refractivity contribution in [2.24, 2.45) is 11.3 Å². The van der Waals surface area contributed by atoms with Crippen molar-refractivity contribution in [3.8, 4) is 0 Å². The van der Waals surface area contributed by atoms with E-state index < -0.39 is 17.5 Å². The zero-order chi connectivity index (χ0) is 11.7. The summed E-state index contributed by atoms with van der Waals surface area (Å²) < 4.78 is 0. The van der Waals surface area contributed by atoms with Gasteiger partial charge in [0, 0.05) is 0 Å². The summed E-state index contributed by atoms with van der Waals surface area (Å²) in [6.07, 6.45) is 3.83. The lowest BCUT2D eigenvalue weighted by Crippen LogP contribution is -2.49. The van der Waals surface area contributed by atoms with E-state index in [1.54, 1.807) is 0 Å². The molecule has 1 rings (SSSR count). The van der Waals surface area contributed by atoms with Crippen molar-refractivity contribution < 1.29 is 15.0 Å². The minimum Gasteiger partial charge on any atom is -0.481 e. The van der Waals surface area contributed by atoms with Gasteiger partial charge in [0.05, 0.1) is 11.5 Å². The molecule has 0 aromatic heterocycles. The van der Waals surface area contributed by atoms with E-state index in [2.05, 4.69) is 0 Å². The van der Waals surface area contributed by atoms with Crippen LogP contribution in [0.15, 0.2) is 0 Å². The fourth-order valence-electron chi connectivity index (χ4n) is 2.86. The average molecular weight is 214 g/mol. The standard InChI is InChI=1S/C12H22O3/c1-4-6-9(10(13)14)12(15)8-5-7-11(12,2)3/h9,15H,4-8H2,1-3H3,(H,13,14). The molecule has 0 amide bonds. The van der Waals surface area contributed by atoms with E-state index >= 15 is 0 Å². The Morgan fingerprint density at radius 1 is 1.40 bits per heavy atom. The van der Waals surface area contributed by atoms with E-state index in [9.17, 15) is 15.0 Å². The van der Waals surface area contributed by atoms with Gasteiger partial charge in [0.1, 0.15) is 0 Å². The third-order valence-corrected chi connectivity index (χ3v) is 3.98. The number of carbonyl (C=O) groups is 1. The Labute approximate surface area is 91.5 Å². The van der Waals surface area contributed by atoms with Crippen LogP contribution >= 0.6 is 0 Å². The molecule has 0 spiro atoms. The third kappa shape index (κ3) is 2.03. The monoisotopic (exact) mass is 214 g/mol. The molecular weight excluding hydrogens is 192 g/mol. The van der Waals surface area contributed by atoms with Crippen LogP contribution in [0.1, 0.15) is 52.9 Å². The summed E-state index contributed by atoms with van der Waals surface area (Å²) in [4.78, 5) is 11.2. The Bertz CT molecular complexity index is 247. The molecule has 3 nitrogen and oxygen atoms in total. The van der Waals surface area contributed by atoms with Crippen LogP contribution in [0.3, 0.4) is 0 Å². The molecule has 1 aliphatic carbocycles. The average Bonchev–Trinajstić information content (AvgIpc) is 2.37. The highest BCUT2D eigenvalue weighted by Gasteiger charge is 2.54. The van der Waals surface area contributed by atoms with Gasteiger partial charge >= 0.3 is 5.97 Å². The second kappa shape index (κ2) is 4.12. The van der Waals surface area contributed by atoms with E-state index in [1.807, 2.05) is 20.8 Å². The number of rotatable bonds is 4. The SMILES string of the molecule is CCCC(C(=O)O)C1(O)CCCC1(C)C. The van der Waals surface area contributed by atoms with Crippen molar-refractivity contribution in [3.63, 3.8) is 0 Å². The molecule has 1 saturated carbocycles. The Kier molecular flexibility index (Phi) is 3.44. The van der Waals surface area contributed by atoms with E-state index in [1.165, 1.54) is 0 Å². The van der Waals surface area contributed by atoms with E-state index in [0.717, 1.165) is 19.3 Å². The van der Waals surface area contributed by atoms with Gasteiger partial charge in [-0.1, -0.05) is 27.2 Å². The van der Waals surface area contributed by atoms with Crippen molar-refractivity contribution in [1.82, 2.24) is 0 Å². The van der Waals surface area contributed by atoms with Gasteiger partial charge in [0.25, 0.3) is 0 Å². The lowest BCUT2D eigenvalue weighted by molar-refractivity contribution is -0.162. The Hall–Kier alpha value is -0.570. The minimum absolute atomic E-state index is 0.273. The number of aliphatic hydroxyl groups is 1. The molecule has 0 radical (unpaired) electrons. The second-order valence-electron chi connectivity index (χ2n) is 5.34. The smallest absolute Gasteiger partial charge is 0.309 e. The third-order valence-electron chi connectivity index (χ3n) is 3.98. The summed E-state index contributed by atoms with van der Waals surface area (Å²) in [7, 11) is 0. The van der Waals surface area contributed by atoms with Gasteiger partial charge in [-0.2, -0.15) is 0 Å². The van der Waals surface area contributed by atoms with Gasteiger partial charge in [-0.05, 0) is 31.1 Å². The molecule has 3 heteroatoms. The van der Waals surface area contributed by atoms with E-state index in [0.29, 0.717) is 12.8 Å². The summed E-state index contributed by atoms with van der Waals surface area (Å²) >= 11 is 0. The van der Waals surface area contributed by atoms with Crippen LogP contribution in [0.25, 0.3) is 0 Å². The highest BCUT2D eigenvalue weighted by molar-refractivity contribution is 5.71. The van der Waals surface area contributed by atoms with E-state index in [-0.39, 0.29) is 5.41 Å². The summed E-state index contributed by atoms with van der Waals surface area (Å²) in [6, 6.07) is 0. The molecule has 0 aromatic rings. The molecule has 0 bridgehead atoms. The van der Waals surface area contributed by atoms with Gasteiger partial charge in [-0.25, -0.2) is 0 Å². The van der Waals surface area contributed by atoms with Crippen LogP contribution in [0.4, 0.5) is 0 Å². The number of aliphatic carboxylic acids is 1. The first kappa shape index (κ1) is 12.5. The Morgan fingerprint density at radius 3 is 2.33 bits per heavy atom. The Morgan fingerprint density at radius 2 is 2.00 bits per heavy atom. The first-order valence-corrected chi connectivity index (χ1v) is 5.80. The maximum atomic E-state index is 11.2. The minimum atomic E-state index is -1.02. The predicted molar refractivity (Wildman–Crippen MR) is 58.6 cm³/mol. The van der Waals surface area contributed by atoms with Gasteiger partial charge in [0.15, 0.2) is 0 Å². The molecule has 0 saturated heterocycles. The molecule has 2 N–H and O–H groups in total. The molecule has 1 fully saturated rings. The zero-order valence-electron chi connectivity index (χ0n) is 9.92. The fraction of sp³-hybridized carbons (Fsp3) is 0.917. The molecule has 88 valence electrons. The normalized spacial score (nSPS) is 31.5. The lowest BCUT2D eigenvalue weighted by Gasteiger charge is -2.41. The Balaban J connectivity index is 2.95. The highest BCUT2D eigenvalue weighted by atomic mass is 16.4. The van der Waals surface area contributed by atoms with Crippen molar-refractivity contribution >= 4 is 5.97 Å². The summed E-state index contributed by atoms with van der Waals surface area (Å²) in [6.45, 7) is 5.92. The molecule has 0 aromatic carbocycles. The molecule has 1 aliphatic rings. The molecule has 0 heterocycles. The molecular formula is C12H22O3. The van der Waals surface area contributed by atoms with Crippen LogP contribution in [0.2, 0.25) is 0 Å². The molecule has 2 unspecified atom stereocenters. The van der Waals surface area contributed by atoms with Crippen molar-refractivity contribution in [1.29, 1.82) is 0 Å². The van der Waals surface area contributed by atoms with Crippen molar-refractivity contribution in [3.05, 3.63) is 0 Å². The highest BCUT2D eigenvalue weighted by Crippen LogP contribution is 2.51. The fourth-order valence-corrected chi connectivity index (χ4v) is 2.86. The topological polar surface area (TPSA) is 57.5 Å². The number of hydrogen-bond acceptors (Lipinski definition) is 2. The molecule has 0 aliphatic heterocycles. The molecule has 2 atom stereocenters. The molecule has 15 heavy (non-hydrogen) atoms. The van der Waals surface area contributed by atoms with Gasteiger partial charge in [-0.3, -0.25) is 4.79 Å². The van der Waals surface area contributed by atoms with Gasteiger partial charge in [0.2, 0.25) is 0 Å². The maximum Gasteiger partial charge on any atom is 0.309 e. The first-order valence-electron chi connectivity index (χ1n) is 5.80.